The Morgan fingerprint density at radius 1 is 0.494 bits per heavy atom. The molecule has 4 aliphatic heterocycles. The summed E-state index contributed by atoms with van der Waals surface area (Å²) in [6.45, 7) is 38.3. The molecule has 19 nitrogen and oxygen atoms in total. The van der Waals surface area contributed by atoms with E-state index in [1.54, 1.807) is 24.4 Å². The fraction of sp³-hybridized carbons (Fsp3) is 0.724. The third-order valence-corrected chi connectivity index (χ3v) is 13.2. The molecule has 0 aromatic carbocycles. The number of hydrogen-bond acceptors (Lipinski definition) is 13. The monoisotopic (exact) mass is 1090 g/mol. The van der Waals surface area contributed by atoms with Crippen molar-refractivity contribution in [2.24, 2.45) is 39.4 Å². The van der Waals surface area contributed by atoms with E-state index < -0.39 is 0 Å². The van der Waals surface area contributed by atoms with Gasteiger partial charge < -0.3 is 20.2 Å². The molecule has 7 N–H and O–H groups in total. The molecule has 3 fully saturated rings. The number of aromatic hydroxyl groups is 1. The molecule has 4 amide bonds. The van der Waals surface area contributed by atoms with Crippen LogP contribution in [0.5, 0.6) is 5.75 Å². The first-order valence-corrected chi connectivity index (χ1v) is 26.3. The van der Waals surface area contributed by atoms with Gasteiger partial charge >= 0.3 is 0 Å². The molecule has 3 saturated heterocycles. The Hall–Kier alpha value is -5.08. The second kappa shape index (κ2) is 30.9. The summed E-state index contributed by atoms with van der Waals surface area (Å²) < 4.78 is 2.11. The number of rotatable bonds is 0. The van der Waals surface area contributed by atoms with Crippen LogP contribution in [0.15, 0.2) is 58.4 Å². The van der Waals surface area contributed by atoms with Gasteiger partial charge in [0, 0.05) is 60.9 Å². The van der Waals surface area contributed by atoms with Crippen molar-refractivity contribution in [3.05, 3.63) is 75.1 Å². The van der Waals surface area contributed by atoms with Crippen LogP contribution in [0.1, 0.15) is 190 Å². The first-order chi connectivity index (χ1) is 34.1. The summed E-state index contributed by atoms with van der Waals surface area (Å²) >= 11 is 0. The van der Waals surface area contributed by atoms with Crippen LogP contribution in [0, 0.1) is 39.4 Å². The Morgan fingerprint density at radius 2 is 0.935 bits per heavy atom. The first-order valence-electron chi connectivity index (χ1n) is 26.3. The molecule has 77 heavy (non-hydrogen) atoms. The van der Waals surface area contributed by atoms with Gasteiger partial charge in [-0.3, -0.25) is 49.6 Å². The molecular weight excluding hydrogens is 987 g/mol. The topological polar surface area (TPSA) is 259 Å². The third-order valence-electron chi connectivity index (χ3n) is 13.2. The second-order valence-electron chi connectivity index (χ2n) is 26.1. The number of carbonyl (C=O) groups excluding carboxylic acids is 4. The molecule has 6 heterocycles. The molecule has 19 heteroatoms. The lowest BCUT2D eigenvalue weighted by Gasteiger charge is -2.35. The maximum absolute atomic E-state index is 11.7. The van der Waals surface area contributed by atoms with Crippen molar-refractivity contribution in [1.82, 2.24) is 34.9 Å². The summed E-state index contributed by atoms with van der Waals surface area (Å²) in [6, 6.07) is 6.16. The molecule has 444 valence electrons. The molecule has 0 spiro atoms. The molecule has 2 aromatic heterocycles. The lowest BCUT2D eigenvalue weighted by atomic mass is 9.76. The second-order valence-corrected chi connectivity index (χ2v) is 26.1. The number of piperidine rings is 1. The van der Waals surface area contributed by atoms with Gasteiger partial charge in [0.15, 0.2) is 5.75 Å². The van der Waals surface area contributed by atoms with Crippen molar-refractivity contribution in [1.29, 1.82) is 0 Å². The van der Waals surface area contributed by atoms with E-state index in [4.69, 9.17) is 10.3 Å². The van der Waals surface area contributed by atoms with Crippen LogP contribution in [0.25, 0.3) is 0 Å². The number of pyridine rings is 2. The molecule has 2 aromatic rings. The lowest BCUT2D eigenvalue weighted by molar-refractivity contribution is -0.180. The Morgan fingerprint density at radius 3 is 1.38 bits per heavy atom. The van der Waals surface area contributed by atoms with Crippen molar-refractivity contribution >= 4 is 23.6 Å². The van der Waals surface area contributed by atoms with E-state index in [9.17, 15) is 49.6 Å². The SMILES string of the molecule is C.C.CC(C)(C)C1CC=CCN(O)C1=O.CC(C)(C)C1CCCCN(O)C1=O.CC(C)(C)C1CCCN(O)C1=O.CC(C)(C)C1NCCCN(O)C1=O.CC(C)(C)c1cccn(O)c1=O.CC(C)(C)n1cccc(O)c1=O. The van der Waals surface area contributed by atoms with Gasteiger partial charge in [-0.1, -0.05) is 143 Å². The number of nitrogens with one attached hydrogen (secondary N) is 1. The van der Waals surface area contributed by atoms with E-state index >= 15 is 0 Å². The Labute approximate surface area is 461 Å². The van der Waals surface area contributed by atoms with Crippen LogP contribution in [-0.4, -0.2) is 123 Å². The van der Waals surface area contributed by atoms with Crippen LogP contribution in [0.4, 0.5) is 0 Å². The van der Waals surface area contributed by atoms with Crippen LogP contribution in [0.3, 0.4) is 0 Å². The van der Waals surface area contributed by atoms with E-state index in [1.807, 2.05) is 116 Å². The number of hydroxylamine groups is 8. The zero-order chi connectivity index (χ0) is 58.2. The zero-order valence-electron chi connectivity index (χ0n) is 48.7. The zero-order valence-corrected chi connectivity index (χ0v) is 48.7. The molecular formula is C58H105N7O12. The highest BCUT2D eigenvalue weighted by Gasteiger charge is 2.38. The molecule has 0 saturated carbocycles. The number of carbonyl (C=O) groups is 4. The van der Waals surface area contributed by atoms with Crippen LogP contribution >= 0.6 is 0 Å². The maximum atomic E-state index is 11.7. The predicted octanol–water partition coefficient (Wildman–Crippen LogP) is 10.1. The summed E-state index contributed by atoms with van der Waals surface area (Å²) in [6.07, 6.45) is 13.0. The Balaban J connectivity index is 0. The van der Waals surface area contributed by atoms with Gasteiger partial charge in [0.2, 0.25) is 17.7 Å². The number of amides is 4. The van der Waals surface area contributed by atoms with E-state index in [0.717, 1.165) is 71.7 Å². The Kier molecular flexibility index (Phi) is 29.7. The van der Waals surface area contributed by atoms with Gasteiger partial charge in [-0.05, 0) is 111 Å². The van der Waals surface area contributed by atoms with E-state index in [2.05, 4.69) is 26.1 Å². The molecule has 0 radical (unpaired) electrons. The summed E-state index contributed by atoms with van der Waals surface area (Å²) in [5.41, 5.74) is -0.878. The summed E-state index contributed by atoms with van der Waals surface area (Å²) in [7, 11) is 0. The molecule has 0 aliphatic carbocycles. The lowest BCUT2D eigenvalue weighted by Crippen LogP contribution is -2.50. The van der Waals surface area contributed by atoms with E-state index in [1.165, 1.54) is 16.8 Å². The molecule has 6 rings (SSSR count). The van der Waals surface area contributed by atoms with Gasteiger partial charge in [-0.2, -0.15) is 4.73 Å². The average molecular weight is 1090 g/mol. The fourth-order valence-electron chi connectivity index (χ4n) is 8.55. The largest absolute Gasteiger partial charge is 0.503 e. The van der Waals surface area contributed by atoms with Gasteiger partial charge in [-0.25, -0.2) is 20.3 Å². The average Bonchev–Trinajstić information content (AvgIpc) is 3.64. The minimum atomic E-state index is -0.343. The fourth-order valence-corrected chi connectivity index (χ4v) is 8.55. The van der Waals surface area contributed by atoms with Gasteiger partial charge in [0.1, 0.15) is 0 Å². The maximum Gasteiger partial charge on any atom is 0.293 e. The van der Waals surface area contributed by atoms with Crippen molar-refractivity contribution < 1.29 is 50.3 Å². The number of allylic oxidation sites excluding steroid dienone is 1. The summed E-state index contributed by atoms with van der Waals surface area (Å²) in [5.74, 6) is -0.971. The molecule has 0 bridgehead atoms. The van der Waals surface area contributed by atoms with Gasteiger partial charge in [0.05, 0.1) is 12.6 Å². The van der Waals surface area contributed by atoms with Crippen molar-refractivity contribution in [3.8, 4) is 5.75 Å². The molecule has 4 atom stereocenters. The minimum Gasteiger partial charge on any atom is -0.503 e. The Bertz CT molecular complexity index is 2170. The van der Waals surface area contributed by atoms with E-state index in [0.29, 0.717) is 36.5 Å². The first kappa shape index (κ1) is 74.0. The van der Waals surface area contributed by atoms with Crippen molar-refractivity contribution in [2.75, 3.05) is 32.7 Å². The summed E-state index contributed by atoms with van der Waals surface area (Å²) in [5, 5.41) is 62.0. The van der Waals surface area contributed by atoms with Crippen LogP contribution in [0.2, 0.25) is 0 Å². The van der Waals surface area contributed by atoms with Gasteiger partial charge in [-0.15, -0.1) is 0 Å². The van der Waals surface area contributed by atoms with E-state index in [-0.39, 0.29) is 112 Å². The highest BCUT2D eigenvalue weighted by atomic mass is 16.5. The summed E-state index contributed by atoms with van der Waals surface area (Å²) in [4.78, 5) is 69.0. The van der Waals surface area contributed by atoms with Crippen molar-refractivity contribution in [3.63, 3.8) is 0 Å². The standard InChI is InChI=1S/C10H19NO2.C10H17NO2.C9H18N2O2.C9H13NO2.C9H17NO2.C9H13NO2.2CH4/c2*1-10(2,3)8-6-4-5-7-11(13)9(8)12;1-9(2,3)7-8(12)11(13)6-4-5-10-7;1-9(2,3)10-6-4-5-7(11)8(10)12;2*1-9(2,3)7-5-4-6-10(12)8(7)11;;/h8,13H,4-7H2,1-3H3;4-5,8,13H,6-7H2,1-3H3;7,10,13H,4-6H2,1-3H3;4-6,11H,1-3H3;7,12H,4-6H2,1-3H3;4-6,12H,1-3H3;2*1H4. The highest BCUT2D eigenvalue weighted by molar-refractivity contribution is 5.82. The third kappa shape index (κ3) is 24.2. The van der Waals surface area contributed by atoms with Crippen molar-refractivity contribution in [2.45, 2.75) is 201 Å². The minimum absolute atomic E-state index is 0. The van der Waals surface area contributed by atoms with Crippen LogP contribution < -0.4 is 16.4 Å². The van der Waals surface area contributed by atoms with Crippen LogP contribution in [-0.2, 0) is 30.1 Å². The number of hydrogen-bond donors (Lipinski definition) is 7. The normalized spacial score (nSPS) is 20.6. The smallest absolute Gasteiger partial charge is 0.293 e. The highest BCUT2D eigenvalue weighted by Crippen LogP contribution is 2.35. The molecule has 4 unspecified atom stereocenters. The quantitative estimate of drug-likeness (QED) is 0.0737. The predicted molar refractivity (Wildman–Crippen MR) is 303 cm³/mol. The van der Waals surface area contributed by atoms with Gasteiger partial charge in [0.25, 0.3) is 17.0 Å². The number of aromatic nitrogens is 2. The number of nitrogens with zero attached hydrogens (tertiary/aromatic N) is 6. The molecule has 4 aliphatic rings.